The second-order valence-electron chi connectivity index (χ2n) is 14.4. The Morgan fingerprint density at radius 3 is 2.25 bits per heavy atom. The highest BCUT2D eigenvalue weighted by atomic mass is 35.5. The summed E-state index contributed by atoms with van der Waals surface area (Å²) in [6.07, 6.45) is 1.50. The maximum absolute atomic E-state index is 13.3. The van der Waals surface area contributed by atoms with Gasteiger partial charge >= 0.3 is 0 Å². The van der Waals surface area contributed by atoms with Gasteiger partial charge in [-0.25, -0.2) is 13.1 Å². The van der Waals surface area contributed by atoms with Crippen molar-refractivity contribution in [3.8, 4) is 11.1 Å². The minimum absolute atomic E-state index is 0.0495. The molecule has 0 aromatic heterocycles. The topological polar surface area (TPSA) is 145 Å². The van der Waals surface area contributed by atoms with Crippen LogP contribution in [0.1, 0.15) is 48.2 Å². The van der Waals surface area contributed by atoms with E-state index in [4.69, 9.17) is 11.6 Å². The third-order valence-corrected chi connectivity index (χ3v) is 13.2. The molecule has 1 fully saturated rings. The molecule has 14 heteroatoms. The van der Waals surface area contributed by atoms with Crippen LogP contribution < -0.4 is 14.9 Å². The van der Waals surface area contributed by atoms with Gasteiger partial charge in [0.2, 0.25) is 0 Å². The molecule has 2 unspecified atom stereocenters. The average molecular weight is 828 g/mol. The van der Waals surface area contributed by atoms with Crippen LogP contribution >= 0.6 is 23.4 Å². The Morgan fingerprint density at radius 2 is 1.60 bits per heavy atom. The second kappa shape index (κ2) is 18.6. The Bertz CT molecular complexity index is 2270. The number of halogens is 1. The summed E-state index contributed by atoms with van der Waals surface area (Å²) in [5.74, 6) is -0.805. The number of anilines is 2. The Kier molecular flexibility index (Phi) is 13.6. The first-order chi connectivity index (χ1) is 27.3. The molecule has 3 N–H and O–H groups in total. The number of nitro benzene ring substituents is 1. The van der Waals surface area contributed by atoms with Crippen molar-refractivity contribution < 1.29 is 23.2 Å². The van der Waals surface area contributed by atoms with Gasteiger partial charge in [0, 0.05) is 46.4 Å². The van der Waals surface area contributed by atoms with Crippen molar-refractivity contribution in [2.75, 3.05) is 37.4 Å². The van der Waals surface area contributed by atoms with E-state index in [-0.39, 0.29) is 28.6 Å². The van der Waals surface area contributed by atoms with Crippen LogP contribution in [-0.2, 0) is 10.0 Å². The number of rotatable bonds is 15. The van der Waals surface area contributed by atoms with Gasteiger partial charge in [0.1, 0.15) is 5.69 Å². The number of nitrogens with one attached hydrogen (secondary N) is 2. The molecule has 3 atom stereocenters. The summed E-state index contributed by atoms with van der Waals surface area (Å²) in [5, 5.41) is 27.5. The highest BCUT2D eigenvalue weighted by molar-refractivity contribution is 7.99. The molecule has 11 nitrogen and oxygen atoms in total. The molecule has 5 aromatic carbocycles. The molecule has 1 aliphatic heterocycles. The molecule has 57 heavy (non-hydrogen) atoms. The SMILES string of the molecule is CC(C[C@@H](Sc1ccccc1)N(C)C)Nc1ccc(S(=O)(=O)NC(=O)c2ccc(N3CCC(C(O)c4ccccc4-c4ccc(Cl)cc4)CC3)cc2)cc1[N+](=O)[O-]. The number of nitro groups is 1. The third kappa shape index (κ3) is 10.5. The van der Waals surface area contributed by atoms with Gasteiger partial charge in [-0.3, -0.25) is 19.8 Å². The van der Waals surface area contributed by atoms with Gasteiger partial charge in [0.15, 0.2) is 0 Å². The zero-order valence-electron chi connectivity index (χ0n) is 31.9. The number of aliphatic hydroxyl groups excluding tert-OH is 1. The number of thioether (sulfide) groups is 1. The quantitative estimate of drug-likeness (QED) is 0.0405. The van der Waals surface area contributed by atoms with Crippen LogP contribution in [0, 0.1) is 16.0 Å². The summed E-state index contributed by atoms with van der Waals surface area (Å²) in [6, 6.07) is 35.4. The Morgan fingerprint density at radius 1 is 0.947 bits per heavy atom. The molecule has 0 radical (unpaired) electrons. The van der Waals surface area contributed by atoms with Crippen LogP contribution in [0.15, 0.2) is 131 Å². The summed E-state index contributed by atoms with van der Waals surface area (Å²) in [5.41, 5.74) is 3.59. The lowest BCUT2D eigenvalue weighted by Gasteiger charge is -2.36. The van der Waals surface area contributed by atoms with E-state index in [0.717, 1.165) is 46.2 Å². The van der Waals surface area contributed by atoms with E-state index in [0.29, 0.717) is 24.5 Å². The van der Waals surface area contributed by atoms with Crippen molar-refractivity contribution in [1.82, 2.24) is 9.62 Å². The fourth-order valence-corrected chi connectivity index (χ4v) is 9.38. The predicted molar refractivity (Wildman–Crippen MR) is 228 cm³/mol. The van der Waals surface area contributed by atoms with Crippen LogP contribution in [0.3, 0.4) is 0 Å². The number of piperidine rings is 1. The summed E-state index contributed by atoms with van der Waals surface area (Å²) in [6.45, 7) is 3.30. The van der Waals surface area contributed by atoms with Gasteiger partial charge in [0.25, 0.3) is 21.6 Å². The molecule has 0 bridgehead atoms. The Hall–Kier alpha value is -4.92. The summed E-state index contributed by atoms with van der Waals surface area (Å²) >= 11 is 7.78. The van der Waals surface area contributed by atoms with Gasteiger partial charge < -0.3 is 15.3 Å². The van der Waals surface area contributed by atoms with E-state index in [1.54, 1.807) is 36.0 Å². The van der Waals surface area contributed by atoms with E-state index in [9.17, 15) is 28.4 Å². The maximum atomic E-state index is 13.3. The van der Waals surface area contributed by atoms with Crippen molar-refractivity contribution in [1.29, 1.82) is 0 Å². The van der Waals surface area contributed by atoms with Crippen molar-refractivity contribution in [2.45, 2.75) is 53.5 Å². The first kappa shape index (κ1) is 41.7. The fourth-order valence-electron chi connectivity index (χ4n) is 7.04. The Labute approximate surface area is 343 Å². The summed E-state index contributed by atoms with van der Waals surface area (Å²) in [7, 11) is -0.501. The fraction of sp³-hybridized carbons (Fsp3) is 0.279. The van der Waals surface area contributed by atoms with Crippen molar-refractivity contribution >= 4 is 56.4 Å². The first-order valence-corrected chi connectivity index (χ1v) is 21.4. The van der Waals surface area contributed by atoms with E-state index in [1.165, 1.54) is 12.1 Å². The second-order valence-corrected chi connectivity index (χ2v) is 17.8. The normalized spacial score (nSPS) is 15.2. The molecule has 5 aromatic rings. The van der Waals surface area contributed by atoms with Crippen molar-refractivity contribution in [2.24, 2.45) is 5.92 Å². The molecule has 0 spiro atoms. The largest absolute Gasteiger partial charge is 0.388 e. The van der Waals surface area contributed by atoms with Gasteiger partial charge in [-0.1, -0.05) is 66.2 Å². The lowest BCUT2D eigenvalue weighted by molar-refractivity contribution is -0.384. The van der Waals surface area contributed by atoms with E-state index in [2.05, 4.69) is 19.8 Å². The monoisotopic (exact) mass is 827 g/mol. The van der Waals surface area contributed by atoms with Crippen molar-refractivity contribution in [3.63, 3.8) is 0 Å². The number of aliphatic hydroxyl groups is 1. The third-order valence-electron chi connectivity index (χ3n) is 10.2. The first-order valence-electron chi connectivity index (χ1n) is 18.7. The molecule has 1 heterocycles. The number of benzene rings is 5. The van der Waals surface area contributed by atoms with Crippen molar-refractivity contribution in [3.05, 3.63) is 148 Å². The molecule has 0 saturated carbocycles. The number of carbonyl (C=O) groups is 1. The van der Waals surface area contributed by atoms with Crippen LogP contribution in [0.4, 0.5) is 17.1 Å². The van der Waals surface area contributed by atoms with Gasteiger partial charge in [-0.05, 0) is 124 Å². The van der Waals surface area contributed by atoms with E-state index >= 15 is 0 Å². The smallest absolute Gasteiger partial charge is 0.293 e. The Balaban J connectivity index is 1.05. The molecule has 6 rings (SSSR count). The molecule has 1 aliphatic rings. The zero-order valence-corrected chi connectivity index (χ0v) is 34.3. The molecule has 298 valence electrons. The number of hydrogen-bond acceptors (Lipinski definition) is 10. The minimum atomic E-state index is -4.45. The molecule has 1 saturated heterocycles. The minimum Gasteiger partial charge on any atom is -0.388 e. The number of nitrogens with zero attached hydrogens (tertiary/aromatic N) is 3. The number of hydrogen-bond donors (Lipinski definition) is 3. The van der Waals surface area contributed by atoms with Gasteiger partial charge in [0.05, 0.1) is 21.3 Å². The molecule has 1 amide bonds. The lowest BCUT2D eigenvalue weighted by Crippen LogP contribution is -2.35. The maximum Gasteiger partial charge on any atom is 0.293 e. The van der Waals surface area contributed by atoms with E-state index in [1.807, 2.05) is 99.9 Å². The van der Waals surface area contributed by atoms with Gasteiger partial charge in [-0.2, -0.15) is 0 Å². The van der Waals surface area contributed by atoms with Gasteiger partial charge in [-0.15, -0.1) is 11.8 Å². The zero-order chi connectivity index (χ0) is 40.7. The highest BCUT2D eigenvalue weighted by Crippen LogP contribution is 2.38. The lowest BCUT2D eigenvalue weighted by atomic mass is 9.84. The highest BCUT2D eigenvalue weighted by Gasteiger charge is 2.29. The van der Waals surface area contributed by atoms with Crippen LogP contribution in [0.2, 0.25) is 5.02 Å². The van der Waals surface area contributed by atoms with Crippen LogP contribution in [0.5, 0.6) is 0 Å². The predicted octanol–water partition coefficient (Wildman–Crippen LogP) is 8.85. The summed E-state index contributed by atoms with van der Waals surface area (Å²) in [4.78, 5) is 29.6. The molecular formula is C43H46ClN5O6S2. The number of amides is 1. The standard InChI is InChI=1S/C43H46ClN5O6S2/c1-29(27-41(47(2)3)56-35-9-5-4-6-10-35)45-39-22-21-36(28-40(39)49(52)53)57(54,55)46-43(51)32-15-19-34(20-16-32)48-25-23-31(24-26-48)42(50)38-12-8-7-11-37(38)30-13-17-33(44)18-14-30/h4-22,28-29,31,41-42,45,50H,23-27H2,1-3H3,(H,46,51)/t29?,41-,42?/m1/s1. The number of carbonyl (C=O) groups excluding carboxylic acids is 1. The number of sulfonamides is 1. The average Bonchev–Trinajstić information content (AvgIpc) is 3.21. The van der Waals surface area contributed by atoms with E-state index < -0.39 is 37.5 Å². The van der Waals surface area contributed by atoms with Crippen LogP contribution in [0.25, 0.3) is 11.1 Å². The van der Waals surface area contributed by atoms with Crippen LogP contribution in [-0.4, -0.2) is 67.9 Å². The molecule has 0 aliphatic carbocycles. The molecular weight excluding hydrogens is 782 g/mol. The summed E-state index contributed by atoms with van der Waals surface area (Å²) < 4.78 is 28.7.